The zero-order chi connectivity index (χ0) is 20.5. The van der Waals surface area contributed by atoms with Crippen molar-refractivity contribution in [2.24, 2.45) is 5.92 Å². The van der Waals surface area contributed by atoms with Crippen molar-refractivity contribution in [2.75, 3.05) is 0 Å². The van der Waals surface area contributed by atoms with Gasteiger partial charge in [-0.15, -0.1) is 12.4 Å². The Labute approximate surface area is 181 Å². The first-order valence-electron chi connectivity index (χ1n) is 10.6. The summed E-state index contributed by atoms with van der Waals surface area (Å²) in [6.45, 7) is 10.4. The number of carbonyl (C=O) groups is 2. The summed E-state index contributed by atoms with van der Waals surface area (Å²) in [4.78, 5) is 25.6. The molecule has 2 aliphatic rings. The third kappa shape index (κ3) is 5.95. The molecule has 3 N–H and O–H groups in total. The lowest BCUT2D eigenvalue weighted by molar-refractivity contribution is -0.124. The highest BCUT2D eigenvalue weighted by atomic mass is 35.5. The topological polar surface area (TPSA) is 70.2 Å². The molecule has 3 atom stereocenters. The summed E-state index contributed by atoms with van der Waals surface area (Å²) < 4.78 is 0. The molecule has 0 radical (unpaired) electrons. The van der Waals surface area contributed by atoms with Gasteiger partial charge in [0.25, 0.3) is 5.91 Å². The van der Waals surface area contributed by atoms with Gasteiger partial charge in [-0.25, -0.2) is 0 Å². The minimum Gasteiger partial charge on any atom is -0.351 e. The Morgan fingerprint density at radius 2 is 1.59 bits per heavy atom. The van der Waals surface area contributed by atoms with Crippen molar-refractivity contribution in [1.82, 2.24) is 16.0 Å². The third-order valence-corrected chi connectivity index (χ3v) is 6.07. The lowest BCUT2D eigenvalue weighted by Gasteiger charge is -2.31. The van der Waals surface area contributed by atoms with Gasteiger partial charge in [0.15, 0.2) is 0 Å². The van der Waals surface area contributed by atoms with Crippen LogP contribution in [0.2, 0.25) is 0 Å². The molecule has 2 fully saturated rings. The summed E-state index contributed by atoms with van der Waals surface area (Å²) in [7, 11) is 0. The molecule has 1 aromatic carbocycles. The molecule has 3 rings (SSSR count). The molecule has 0 saturated carbocycles. The minimum absolute atomic E-state index is 0. The van der Waals surface area contributed by atoms with Crippen LogP contribution in [-0.2, 0) is 10.2 Å². The Hall–Kier alpha value is -1.59. The van der Waals surface area contributed by atoms with E-state index in [-0.39, 0.29) is 41.6 Å². The van der Waals surface area contributed by atoms with E-state index in [0.29, 0.717) is 17.6 Å². The first-order chi connectivity index (χ1) is 13.1. The van der Waals surface area contributed by atoms with Crippen molar-refractivity contribution in [3.05, 3.63) is 35.4 Å². The number of hydrogen-bond donors (Lipinski definition) is 3. The maximum absolute atomic E-state index is 12.9. The third-order valence-electron chi connectivity index (χ3n) is 6.07. The van der Waals surface area contributed by atoms with Gasteiger partial charge in [-0.05, 0) is 54.7 Å². The van der Waals surface area contributed by atoms with Crippen molar-refractivity contribution in [2.45, 2.75) is 89.9 Å². The highest BCUT2D eigenvalue weighted by Gasteiger charge is 2.35. The fourth-order valence-corrected chi connectivity index (χ4v) is 4.35. The van der Waals surface area contributed by atoms with E-state index in [9.17, 15) is 9.59 Å². The van der Waals surface area contributed by atoms with E-state index in [0.717, 1.165) is 12.8 Å². The average molecular weight is 422 g/mol. The number of carbonyl (C=O) groups excluding carboxylic acids is 2. The second kappa shape index (κ2) is 9.48. The van der Waals surface area contributed by atoms with E-state index >= 15 is 0 Å². The number of halogens is 1. The quantitative estimate of drug-likeness (QED) is 0.680. The minimum atomic E-state index is -0.526. The van der Waals surface area contributed by atoms with Crippen LogP contribution in [0, 0.1) is 5.92 Å². The molecule has 3 unspecified atom stereocenters. The summed E-state index contributed by atoms with van der Waals surface area (Å²) >= 11 is 0. The monoisotopic (exact) mass is 421 g/mol. The molecule has 5 nitrogen and oxygen atoms in total. The van der Waals surface area contributed by atoms with Crippen molar-refractivity contribution in [3.8, 4) is 0 Å². The van der Waals surface area contributed by atoms with Crippen LogP contribution in [0.5, 0.6) is 0 Å². The standard InChI is InChI=1S/C23H35N3O2.ClH/c1-14(2)20(22(28)25-19-12-17-10-11-18(13-19)24-17)26-21(27)15-6-8-16(9-7-15)23(3,4)5;/h6-9,14,17-20,24H,10-13H2,1-5H3,(H,25,28)(H,26,27);1H. The predicted molar refractivity (Wildman–Crippen MR) is 120 cm³/mol. The zero-order valence-corrected chi connectivity index (χ0v) is 19.1. The largest absolute Gasteiger partial charge is 0.351 e. The smallest absolute Gasteiger partial charge is 0.251 e. The van der Waals surface area contributed by atoms with Crippen LogP contribution in [0.1, 0.15) is 76.2 Å². The molecule has 2 aliphatic heterocycles. The van der Waals surface area contributed by atoms with Gasteiger partial charge in [-0.1, -0.05) is 46.8 Å². The van der Waals surface area contributed by atoms with Gasteiger partial charge in [0.05, 0.1) is 0 Å². The number of fused-ring (bicyclic) bond motifs is 2. The average Bonchev–Trinajstić information content (AvgIpc) is 2.96. The van der Waals surface area contributed by atoms with Crippen LogP contribution in [-0.4, -0.2) is 36.0 Å². The van der Waals surface area contributed by atoms with Crippen LogP contribution >= 0.6 is 12.4 Å². The molecule has 6 heteroatoms. The van der Waals surface area contributed by atoms with Gasteiger partial charge in [0.1, 0.15) is 6.04 Å². The Morgan fingerprint density at radius 1 is 1.03 bits per heavy atom. The highest BCUT2D eigenvalue weighted by Crippen LogP contribution is 2.27. The molecule has 2 heterocycles. The van der Waals surface area contributed by atoms with Crippen molar-refractivity contribution >= 4 is 24.2 Å². The Balaban J connectivity index is 0.00000300. The van der Waals surface area contributed by atoms with Gasteiger partial charge < -0.3 is 16.0 Å². The van der Waals surface area contributed by atoms with Gasteiger partial charge in [-0.2, -0.15) is 0 Å². The second-order valence-corrected chi connectivity index (χ2v) is 9.84. The Kier molecular flexibility index (Phi) is 7.74. The van der Waals surface area contributed by atoms with Crippen LogP contribution in [0.3, 0.4) is 0 Å². The van der Waals surface area contributed by atoms with E-state index in [1.54, 1.807) is 0 Å². The number of piperidine rings is 1. The van der Waals surface area contributed by atoms with Crippen molar-refractivity contribution in [3.63, 3.8) is 0 Å². The molecule has 2 amide bonds. The molecule has 0 spiro atoms. The lowest BCUT2D eigenvalue weighted by Crippen LogP contribution is -2.55. The number of hydrogen-bond acceptors (Lipinski definition) is 3. The Morgan fingerprint density at radius 3 is 2.07 bits per heavy atom. The summed E-state index contributed by atoms with van der Waals surface area (Å²) in [5.41, 5.74) is 1.82. The van der Waals surface area contributed by atoms with Crippen molar-refractivity contribution < 1.29 is 9.59 Å². The molecule has 162 valence electrons. The van der Waals surface area contributed by atoms with Crippen LogP contribution in [0.25, 0.3) is 0 Å². The molecule has 2 saturated heterocycles. The van der Waals surface area contributed by atoms with E-state index < -0.39 is 6.04 Å². The fourth-order valence-electron chi connectivity index (χ4n) is 4.35. The number of amides is 2. The first kappa shape index (κ1) is 23.7. The summed E-state index contributed by atoms with van der Waals surface area (Å²) in [6.07, 6.45) is 4.36. The maximum atomic E-state index is 12.9. The summed E-state index contributed by atoms with van der Waals surface area (Å²) in [5, 5.41) is 9.74. The highest BCUT2D eigenvalue weighted by molar-refractivity contribution is 5.97. The molecule has 29 heavy (non-hydrogen) atoms. The molecule has 1 aromatic rings. The van der Waals surface area contributed by atoms with E-state index in [4.69, 9.17) is 0 Å². The van der Waals surface area contributed by atoms with E-state index in [2.05, 4.69) is 36.7 Å². The van der Waals surface area contributed by atoms with Crippen LogP contribution in [0.15, 0.2) is 24.3 Å². The second-order valence-electron chi connectivity index (χ2n) is 9.84. The number of nitrogens with one attached hydrogen (secondary N) is 3. The first-order valence-corrected chi connectivity index (χ1v) is 10.6. The van der Waals surface area contributed by atoms with Gasteiger partial charge in [0, 0.05) is 23.7 Å². The SMILES string of the molecule is CC(C)C(NC(=O)c1ccc(C(C)(C)C)cc1)C(=O)NC1CC2CCC(C1)N2.Cl. The van der Waals surface area contributed by atoms with Gasteiger partial charge in [0.2, 0.25) is 5.91 Å². The predicted octanol–water partition coefficient (Wildman–Crippen LogP) is 3.56. The molecule has 0 aromatic heterocycles. The normalized spacial score (nSPS) is 24.6. The lowest BCUT2D eigenvalue weighted by atomic mass is 9.86. The van der Waals surface area contributed by atoms with Gasteiger partial charge >= 0.3 is 0 Å². The summed E-state index contributed by atoms with van der Waals surface area (Å²) in [6, 6.07) is 8.40. The van der Waals surface area contributed by atoms with Crippen LogP contribution in [0.4, 0.5) is 0 Å². The van der Waals surface area contributed by atoms with E-state index in [1.807, 2.05) is 38.1 Å². The van der Waals surface area contributed by atoms with Crippen molar-refractivity contribution in [1.29, 1.82) is 0 Å². The molecular weight excluding hydrogens is 386 g/mol. The maximum Gasteiger partial charge on any atom is 0.251 e. The van der Waals surface area contributed by atoms with Gasteiger partial charge in [-0.3, -0.25) is 9.59 Å². The molecule has 2 bridgehead atoms. The Bertz CT molecular complexity index is 700. The zero-order valence-electron chi connectivity index (χ0n) is 18.2. The number of rotatable bonds is 5. The molecule has 0 aliphatic carbocycles. The number of benzene rings is 1. The molecular formula is C23H36ClN3O2. The summed E-state index contributed by atoms with van der Waals surface area (Å²) in [5.74, 6) is -0.239. The fraction of sp³-hybridized carbons (Fsp3) is 0.652. The van der Waals surface area contributed by atoms with E-state index in [1.165, 1.54) is 18.4 Å². The van der Waals surface area contributed by atoms with Crippen LogP contribution < -0.4 is 16.0 Å².